The van der Waals surface area contributed by atoms with Gasteiger partial charge in [-0.25, -0.2) is 4.68 Å². The van der Waals surface area contributed by atoms with Crippen molar-refractivity contribution in [2.45, 2.75) is 33.2 Å². The Balaban J connectivity index is 1.46. The number of aryl methyl sites for hydroxylation is 2. The van der Waals surface area contributed by atoms with E-state index in [1.54, 1.807) is 0 Å². The average molecular weight is 348 g/mol. The molecule has 1 aliphatic heterocycles. The summed E-state index contributed by atoms with van der Waals surface area (Å²) in [4.78, 5) is 2.31. The Bertz CT molecular complexity index is 872. The van der Waals surface area contributed by atoms with Crippen LogP contribution in [0.2, 0.25) is 0 Å². The van der Waals surface area contributed by atoms with Crippen LogP contribution in [0.25, 0.3) is 0 Å². The SMILES string of the molecule is Cc1ccc(CN2CCOC2c2cn(Cc3cccc(C)c3)nn2)cc1. The smallest absolute Gasteiger partial charge is 0.157 e. The van der Waals surface area contributed by atoms with Crippen molar-refractivity contribution in [2.75, 3.05) is 13.2 Å². The Morgan fingerprint density at radius 3 is 2.65 bits per heavy atom. The first-order chi connectivity index (χ1) is 12.7. The van der Waals surface area contributed by atoms with Crippen molar-refractivity contribution in [3.05, 3.63) is 82.7 Å². The lowest BCUT2D eigenvalue weighted by molar-refractivity contribution is 0.0252. The lowest BCUT2D eigenvalue weighted by atomic mass is 10.1. The number of rotatable bonds is 5. The fraction of sp³-hybridized carbons (Fsp3) is 0.333. The fourth-order valence-electron chi connectivity index (χ4n) is 3.37. The van der Waals surface area contributed by atoms with Crippen molar-refractivity contribution in [1.82, 2.24) is 19.9 Å². The van der Waals surface area contributed by atoms with E-state index in [1.807, 2.05) is 10.9 Å². The molecule has 26 heavy (non-hydrogen) atoms. The Kier molecular flexibility index (Phi) is 4.82. The van der Waals surface area contributed by atoms with Gasteiger partial charge in [0.05, 0.1) is 19.3 Å². The molecule has 1 saturated heterocycles. The molecule has 0 spiro atoms. The normalized spacial score (nSPS) is 17.7. The summed E-state index contributed by atoms with van der Waals surface area (Å²) in [7, 11) is 0. The molecule has 0 N–H and O–H groups in total. The molecule has 1 fully saturated rings. The summed E-state index contributed by atoms with van der Waals surface area (Å²) in [5, 5.41) is 8.67. The van der Waals surface area contributed by atoms with Crippen LogP contribution < -0.4 is 0 Å². The van der Waals surface area contributed by atoms with Crippen LogP contribution in [0.1, 0.15) is 34.2 Å². The topological polar surface area (TPSA) is 43.2 Å². The van der Waals surface area contributed by atoms with Crippen LogP contribution in [-0.4, -0.2) is 33.0 Å². The fourth-order valence-corrected chi connectivity index (χ4v) is 3.37. The average Bonchev–Trinajstić information content (AvgIpc) is 3.26. The maximum atomic E-state index is 5.94. The van der Waals surface area contributed by atoms with Crippen LogP contribution in [0, 0.1) is 13.8 Å². The van der Waals surface area contributed by atoms with Crippen LogP contribution in [0.5, 0.6) is 0 Å². The summed E-state index contributed by atoms with van der Waals surface area (Å²) in [5.74, 6) is 0. The van der Waals surface area contributed by atoms with Gasteiger partial charge in [0.1, 0.15) is 5.69 Å². The maximum Gasteiger partial charge on any atom is 0.157 e. The molecule has 4 rings (SSSR count). The third kappa shape index (κ3) is 3.84. The molecule has 0 saturated carbocycles. The van der Waals surface area contributed by atoms with E-state index in [0.717, 1.165) is 31.9 Å². The van der Waals surface area contributed by atoms with Crippen LogP contribution >= 0.6 is 0 Å². The lowest BCUT2D eigenvalue weighted by Crippen LogP contribution is -2.23. The van der Waals surface area contributed by atoms with Gasteiger partial charge >= 0.3 is 0 Å². The summed E-state index contributed by atoms with van der Waals surface area (Å²) in [6.07, 6.45) is 1.88. The summed E-state index contributed by atoms with van der Waals surface area (Å²) in [5.41, 5.74) is 5.93. The molecule has 5 nitrogen and oxygen atoms in total. The van der Waals surface area contributed by atoms with Gasteiger partial charge in [-0.1, -0.05) is 64.9 Å². The molecule has 1 unspecified atom stereocenters. The zero-order chi connectivity index (χ0) is 17.9. The van der Waals surface area contributed by atoms with E-state index in [1.165, 1.54) is 22.3 Å². The largest absolute Gasteiger partial charge is 0.356 e. The highest BCUT2D eigenvalue weighted by Gasteiger charge is 2.29. The van der Waals surface area contributed by atoms with Gasteiger partial charge in [0.25, 0.3) is 0 Å². The second kappa shape index (κ2) is 7.40. The molecule has 1 atom stereocenters. The maximum absolute atomic E-state index is 5.94. The van der Waals surface area contributed by atoms with E-state index in [2.05, 4.69) is 77.6 Å². The number of benzene rings is 2. The molecule has 3 aromatic rings. The van der Waals surface area contributed by atoms with Crippen molar-refractivity contribution in [3.8, 4) is 0 Å². The Morgan fingerprint density at radius 1 is 1.00 bits per heavy atom. The van der Waals surface area contributed by atoms with Gasteiger partial charge in [-0.2, -0.15) is 0 Å². The molecular weight excluding hydrogens is 324 g/mol. The number of nitrogens with zero attached hydrogens (tertiary/aromatic N) is 4. The Morgan fingerprint density at radius 2 is 1.85 bits per heavy atom. The second-order valence-corrected chi connectivity index (χ2v) is 7.01. The van der Waals surface area contributed by atoms with Gasteiger partial charge in [-0.05, 0) is 25.0 Å². The zero-order valence-electron chi connectivity index (χ0n) is 15.3. The van der Waals surface area contributed by atoms with E-state index < -0.39 is 0 Å². The number of aromatic nitrogens is 3. The van der Waals surface area contributed by atoms with Crippen LogP contribution in [-0.2, 0) is 17.8 Å². The summed E-state index contributed by atoms with van der Waals surface area (Å²) in [6.45, 7) is 7.42. The van der Waals surface area contributed by atoms with Gasteiger partial charge < -0.3 is 4.74 Å². The molecule has 2 heterocycles. The van der Waals surface area contributed by atoms with Crippen LogP contribution in [0.4, 0.5) is 0 Å². The van der Waals surface area contributed by atoms with Gasteiger partial charge in [0, 0.05) is 13.1 Å². The van der Waals surface area contributed by atoms with E-state index in [9.17, 15) is 0 Å². The van der Waals surface area contributed by atoms with E-state index in [0.29, 0.717) is 0 Å². The first-order valence-electron chi connectivity index (χ1n) is 9.04. The predicted octanol–water partition coefficient (Wildman–Crippen LogP) is 3.47. The van der Waals surface area contributed by atoms with Crippen molar-refractivity contribution in [2.24, 2.45) is 0 Å². The predicted molar refractivity (Wildman–Crippen MR) is 101 cm³/mol. The Labute approximate surface area is 154 Å². The molecule has 5 heteroatoms. The molecule has 0 bridgehead atoms. The van der Waals surface area contributed by atoms with E-state index in [4.69, 9.17) is 4.74 Å². The molecule has 0 radical (unpaired) electrons. The highest BCUT2D eigenvalue weighted by atomic mass is 16.5. The third-order valence-corrected chi connectivity index (χ3v) is 4.73. The first-order valence-corrected chi connectivity index (χ1v) is 9.04. The monoisotopic (exact) mass is 348 g/mol. The summed E-state index contributed by atoms with van der Waals surface area (Å²) >= 11 is 0. The number of hydrogen-bond acceptors (Lipinski definition) is 4. The summed E-state index contributed by atoms with van der Waals surface area (Å²) in [6, 6.07) is 17.1. The van der Waals surface area contributed by atoms with E-state index >= 15 is 0 Å². The number of hydrogen-bond donors (Lipinski definition) is 0. The molecular formula is C21H24N4O. The highest BCUT2D eigenvalue weighted by molar-refractivity contribution is 5.23. The minimum atomic E-state index is -0.123. The molecule has 2 aromatic carbocycles. The zero-order valence-corrected chi connectivity index (χ0v) is 15.3. The molecule has 134 valence electrons. The summed E-state index contributed by atoms with van der Waals surface area (Å²) < 4.78 is 7.83. The molecule has 1 aliphatic rings. The van der Waals surface area contributed by atoms with E-state index in [-0.39, 0.29) is 6.23 Å². The minimum Gasteiger partial charge on any atom is -0.356 e. The van der Waals surface area contributed by atoms with Gasteiger partial charge in [0.15, 0.2) is 6.23 Å². The lowest BCUT2D eigenvalue weighted by Gasteiger charge is -2.21. The first kappa shape index (κ1) is 16.9. The van der Waals surface area contributed by atoms with Crippen molar-refractivity contribution >= 4 is 0 Å². The van der Waals surface area contributed by atoms with Crippen LogP contribution in [0.3, 0.4) is 0 Å². The second-order valence-electron chi connectivity index (χ2n) is 7.01. The van der Waals surface area contributed by atoms with Crippen molar-refractivity contribution in [3.63, 3.8) is 0 Å². The van der Waals surface area contributed by atoms with Crippen LogP contribution in [0.15, 0.2) is 54.7 Å². The number of ether oxygens (including phenoxy) is 1. The van der Waals surface area contributed by atoms with Gasteiger partial charge in [-0.3, -0.25) is 4.90 Å². The minimum absolute atomic E-state index is 0.123. The standard InChI is InChI=1S/C21H24N4O/c1-16-6-8-18(9-7-16)13-24-10-11-26-21(24)20-15-25(23-22-20)14-19-5-3-4-17(2)12-19/h3-9,12,15,21H,10-11,13-14H2,1-2H3. The molecule has 1 aromatic heterocycles. The van der Waals surface area contributed by atoms with Crippen molar-refractivity contribution < 1.29 is 4.74 Å². The quantitative estimate of drug-likeness (QED) is 0.708. The molecule has 0 aliphatic carbocycles. The highest BCUT2D eigenvalue weighted by Crippen LogP contribution is 2.27. The van der Waals surface area contributed by atoms with Gasteiger partial charge in [-0.15, -0.1) is 5.10 Å². The third-order valence-electron chi connectivity index (χ3n) is 4.73. The van der Waals surface area contributed by atoms with Gasteiger partial charge in [0.2, 0.25) is 0 Å². The molecule has 0 amide bonds. The Hall–Kier alpha value is -2.50. The van der Waals surface area contributed by atoms with Crippen molar-refractivity contribution in [1.29, 1.82) is 0 Å².